The molecule has 0 amide bonds. The van der Waals surface area contributed by atoms with Crippen LogP contribution in [0.25, 0.3) is 23.1 Å². The largest absolute Gasteiger partial charge is 0.543 e. The second-order valence-electron chi connectivity index (χ2n) is 9.94. The lowest BCUT2D eigenvalue weighted by atomic mass is 10.1. The minimum atomic E-state index is -1.94. The van der Waals surface area contributed by atoms with Crippen LogP contribution in [0.15, 0.2) is 36.5 Å². The number of benzene rings is 1. The molecule has 0 radical (unpaired) electrons. The highest BCUT2D eigenvalue weighted by atomic mass is 35.5. The van der Waals surface area contributed by atoms with E-state index in [1.54, 1.807) is 12.3 Å². The predicted molar refractivity (Wildman–Crippen MR) is 135 cm³/mol. The monoisotopic (exact) mass is 469 g/mol. The van der Waals surface area contributed by atoms with Crippen LogP contribution in [-0.2, 0) is 4.74 Å². The molecule has 0 bridgehead atoms. The molecule has 7 heteroatoms. The summed E-state index contributed by atoms with van der Waals surface area (Å²) < 4.78 is 14.7. The van der Waals surface area contributed by atoms with E-state index in [0.717, 1.165) is 53.8 Å². The zero-order chi connectivity index (χ0) is 22.9. The van der Waals surface area contributed by atoms with Crippen LogP contribution in [0.2, 0.25) is 23.3 Å². The summed E-state index contributed by atoms with van der Waals surface area (Å²) in [6.45, 7) is 12.1. The Morgan fingerprint density at radius 1 is 1.16 bits per heavy atom. The Balaban J connectivity index is 1.74. The van der Waals surface area contributed by atoms with Crippen molar-refractivity contribution in [1.82, 2.24) is 14.8 Å². The maximum absolute atomic E-state index is 6.58. The van der Waals surface area contributed by atoms with Crippen molar-refractivity contribution in [2.45, 2.75) is 64.4 Å². The van der Waals surface area contributed by atoms with Crippen LogP contribution in [0.3, 0.4) is 0 Å². The molecule has 1 aliphatic rings. The molecule has 1 unspecified atom stereocenters. The molecule has 4 rings (SSSR count). The van der Waals surface area contributed by atoms with Crippen molar-refractivity contribution in [1.29, 1.82) is 0 Å². The summed E-state index contributed by atoms with van der Waals surface area (Å²) in [7, 11) is -1.94. The van der Waals surface area contributed by atoms with E-state index in [9.17, 15) is 0 Å². The van der Waals surface area contributed by atoms with E-state index < -0.39 is 8.32 Å². The van der Waals surface area contributed by atoms with Crippen LogP contribution in [0.5, 0.6) is 5.75 Å². The van der Waals surface area contributed by atoms with E-state index >= 15 is 0 Å². The summed E-state index contributed by atoms with van der Waals surface area (Å²) in [6.07, 6.45) is 9.01. The molecule has 1 aliphatic heterocycles. The molecule has 2 aromatic heterocycles. The minimum absolute atomic E-state index is 0.0299. The van der Waals surface area contributed by atoms with Gasteiger partial charge in [-0.15, -0.1) is 0 Å². The van der Waals surface area contributed by atoms with Gasteiger partial charge in [0.2, 0.25) is 8.32 Å². The second kappa shape index (κ2) is 9.00. The lowest BCUT2D eigenvalue weighted by Crippen LogP contribution is -2.43. The topological polar surface area (TPSA) is 49.2 Å². The van der Waals surface area contributed by atoms with Gasteiger partial charge in [-0.2, -0.15) is 5.10 Å². The minimum Gasteiger partial charge on any atom is -0.543 e. The maximum atomic E-state index is 6.58. The first kappa shape index (κ1) is 23.0. The lowest BCUT2D eigenvalue weighted by Gasteiger charge is -2.36. The Labute approximate surface area is 196 Å². The van der Waals surface area contributed by atoms with Crippen LogP contribution < -0.4 is 4.43 Å². The average Bonchev–Trinajstić information content (AvgIpc) is 3.11. The van der Waals surface area contributed by atoms with Gasteiger partial charge in [0, 0.05) is 18.2 Å². The Morgan fingerprint density at radius 3 is 2.62 bits per heavy atom. The average molecular weight is 470 g/mol. The fraction of sp³-hybridized carbons (Fsp3) is 0.440. The van der Waals surface area contributed by atoms with Crippen molar-refractivity contribution in [3.63, 3.8) is 0 Å². The van der Waals surface area contributed by atoms with Gasteiger partial charge in [0.05, 0.1) is 11.2 Å². The number of halogens is 1. The Morgan fingerprint density at radius 2 is 1.97 bits per heavy atom. The third-order valence-electron chi connectivity index (χ3n) is 6.50. The van der Waals surface area contributed by atoms with Crippen molar-refractivity contribution < 1.29 is 9.16 Å². The molecule has 170 valence electrons. The fourth-order valence-corrected chi connectivity index (χ4v) is 4.71. The first-order valence-electron chi connectivity index (χ1n) is 11.3. The van der Waals surface area contributed by atoms with E-state index in [2.05, 4.69) is 57.0 Å². The third-order valence-corrected chi connectivity index (χ3v) is 11.1. The number of ether oxygens (including phenoxy) is 1. The summed E-state index contributed by atoms with van der Waals surface area (Å²) >= 11 is 5.92. The van der Waals surface area contributed by atoms with Gasteiger partial charge in [0.1, 0.15) is 10.9 Å². The summed E-state index contributed by atoms with van der Waals surface area (Å²) in [5.74, 6) is 0.899. The van der Waals surface area contributed by atoms with Crippen molar-refractivity contribution in [2.75, 3.05) is 6.61 Å². The summed E-state index contributed by atoms with van der Waals surface area (Å²) in [5, 5.41) is 6.63. The molecule has 1 saturated heterocycles. The standard InChI is InChI=1S/C25H32ClN3O2Si/c1-25(2,3)32(4,5)31-19-11-13-22-20(16-19)21(12-9-18-10-14-23(26)27-17-18)28-29(22)24-8-6-7-15-30-24/h9-14,16-17,24H,6-8,15H2,1-5H3/b12-9+. The highest BCUT2D eigenvalue weighted by molar-refractivity contribution is 6.74. The molecule has 0 N–H and O–H groups in total. The smallest absolute Gasteiger partial charge is 0.250 e. The van der Waals surface area contributed by atoms with Crippen molar-refractivity contribution >= 4 is 43.0 Å². The van der Waals surface area contributed by atoms with Crippen molar-refractivity contribution in [2.24, 2.45) is 0 Å². The van der Waals surface area contributed by atoms with Crippen molar-refractivity contribution in [3.05, 3.63) is 52.9 Å². The molecule has 0 spiro atoms. The molecule has 0 aliphatic carbocycles. The number of fused-ring (bicyclic) bond motifs is 1. The molecule has 1 fully saturated rings. The van der Waals surface area contributed by atoms with Gasteiger partial charge < -0.3 is 9.16 Å². The summed E-state index contributed by atoms with van der Waals surface area (Å²) in [5.41, 5.74) is 2.93. The molecule has 32 heavy (non-hydrogen) atoms. The van der Waals surface area contributed by atoms with E-state index in [-0.39, 0.29) is 11.3 Å². The van der Waals surface area contributed by atoms with Gasteiger partial charge in [0.25, 0.3) is 0 Å². The molecule has 0 saturated carbocycles. The number of hydrogen-bond donors (Lipinski definition) is 0. The first-order chi connectivity index (χ1) is 15.1. The molecule has 1 atom stereocenters. The fourth-order valence-electron chi connectivity index (χ4n) is 3.58. The molecule has 1 aromatic carbocycles. The molecule has 3 heterocycles. The van der Waals surface area contributed by atoms with Gasteiger partial charge in [-0.3, -0.25) is 0 Å². The van der Waals surface area contributed by atoms with Crippen LogP contribution in [0, 0.1) is 0 Å². The number of pyridine rings is 1. The summed E-state index contributed by atoms with van der Waals surface area (Å²) in [4.78, 5) is 4.16. The zero-order valence-corrected chi connectivity index (χ0v) is 21.3. The van der Waals surface area contributed by atoms with Gasteiger partial charge in [0.15, 0.2) is 6.23 Å². The third kappa shape index (κ3) is 4.92. The molecule has 3 aromatic rings. The predicted octanol–water partition coefficient (Wildman–Crippen LogP) is 7.34. The second-order valence-corrected chi connectivity index (χ2v) is 15.1. The van der Waals surface area contributed by atoms with Crippen LogP contribution >= 0.6 is 11.6 Å². The summed E-state index contributed by atoms with van der Waals surface area (Å²) in [6, 6.07) is 10.0. The van der Waals surface area contributed by atoms with Gasteiger partial charge in [-0.25, -0.2) is 9.67 Å². The SMILES string of the molecule is CC(C)(C)[Si](C)(C)Oc1ccc2c(c1)c(/C=C/c1ccc(Cl)nc1)nn2C1CCCCO1. The Bertz CT molecular complexity index is 1110. The molecular formula is C25H32ClN3O2Si. The normalized spacial score (nSPS) is 17.9. The van der Waals surface area contributed by atoms with Crippen LogP contribution in [0.4, 0.5) is 0 Å². The molecule has 5 nitrogen and oxygen atoms in total. The van der Waals surface area contributed by atoms with E-state index in [0.29, 0.717) is 5.15 Å². The van der Waals surface area contributed by atoms with Gasteiger partial charge >= 0.3 is 0 Å². The number of rotatable bonds is 5. The number of nitrogens with zero attached hydrogens (tertiary/aromatic N) is 3. The van der Waals surface area contributed by atoms with Gasteiger partial charge in [-0.05, 0) is 73.3 Å². The number of hydrogen-bond acceptors (Lipinski definition) is 4. The van der Waals surface area contributed by atoms with Crippen molar-refractivity contribution in [3.8, 4) is 5.75 Å². The maximum Gasteiger partial charge on any atom is 0.250 e. The Kier molecular flexibility index (Phi) is 6.48. The highest BCUT2D eigenvalue weighted by Gasteiger charge is 2.39. The zero-order valence-electron chi connectivity index (χ0n) is 19.6. The number of aromatic nitrogens is 3. The quantitative estimate of drug-likeness (QED) is 0.289. The van der Waals surface area contributed by atoms with E-state index in [4.69, 9.17) is 25.9 Å². The van der Waals surface area contributed by atoms with E-state index in [1.807, 2.05) is 22.9 Å². The first-order valence-corrected chi connectivity index (χ1v) is 14.6. The molecular weight excluding hydrogens is 438 g/mol. The van der Waals surface area contributed by atoms with Crippen LogP contribution in [0.1, 0.15) is 57.5 Å². The van der Waals surface area contributed by atoms with Crippen LogP contribution in [-0.4, -0.2) is 29.7 Å². The van der Waals surface area contributed by atoms with Gasteiger partial charge in [-0.1, -0.05) is 44.5 Å². The lowest BCUT2D eigenvalue weighted by molar-refractivity contribution is -0.0367. The Hall–Kier alpha value is -2.15. The highest BCUT2D eigenvalue weighted by Crippen LogP contribution is 2.38. The van der Waals surface area contributed by atoms with E-state index in [1.165, 1.54) is 0 Å².